The van der Waals surface area contributed by atoms with Crippen molar-refractivity contribution in [2.45, 2.75) is 50.2 Å². The maximum absolute atomic E-state index is 6.06. The molecule has 1 aromatic rings. The molecule has 1 saturated carbocycles. The molecule has 2 aliphatic rings. The number of hydrogen-bond acceptors (Lipinski definition) is 3. The highest BCUT2D eigenvalue weighted by atomic mass is 16.5. The molecule has 21 heavy (non-hydrogen) atoms. The van der Waals surface area contributed by atoms with E-state index in [1.54, 1.807) is 7.11 Å². The van der Waals surface area contributed by atoms with Crippen molar-refractivity contribution in [3.8, 4) is 5.75 Å². The van der Waals surface area contributed by atoms with Crippen LogP contribution in [0.5, 0.6) is 5.75 Å². The molecule has 0 amide bonds. The third kappa shape index (κ3) is 3.24. The number of methoxy groups -OCH3 is 1. The Hall–Kier alpha value is -1.06. The molecule has 2 fully saturated rings. The topological polar surface area (TPSA) is 30.5 Å². The summed E-state index contributed by atoms with van der Waals surface area (Å²) in [7, 11) is 3.81. The van der Waals surface area contributed by atoms with E-state index in [-0.39, 0.29) is 5.60 Å². The van der Waals surface area contributed by atoms with Crippen molar-refractivity contribution in [2.75, 3.05) is 20.8 Å². The van der Waals surface area contributed by atoms with E-state index in [1.165, 1.54) is 37.7 Å². The normalized spacial score (nSPS) is 25.3. The molecule has 1 aliphatic heterocycles. The lowest BCUT2D eigenvalue weighted by molar-refractivity contribution is -0.146. The molecule has 2 unspecified atom stereocenters. The number of ether oxygens (including phenoxy) is 2. The fraction of sp³-hybridized carbons (Fsp3) is 0.667. The van der Waals surface area contributed by atoms with Gasteiger partial charge in [0.25, 0.3) is 0 Å². The van der Waals surface area contributed by atoms with Crippen molar-refractivity contribution in [2.24, 2.45) is 5.92 Å². The van der Waals surface area contributed by atoms with Crippen molar-refractivity contribution in [1.29, 1.82) is 0 Å². The Morgan fingerprint density at radius 2 is 2.10 bits per heavy atom. The van der Waals surface area contributed by atoms with Gasteiger partial charge in [0, 0.05) is 12.6 Å². The van der Waals surface area contributed by atoms with Gasteiger partial charge in [0.15, 0.2) is 0 Å². The van der Waals surface area contributed by atoms with E-state index in [9.17, 15) is 0 Å². The van der Waals surface area contributed by atoms with E-state index in [2.05, 4.69) is 36.6 Å². The molecule has 1 N–H and O–H groups in total. The Balaban J connectivity index is 1.63. The van der Waals surface area contributed by atoms with Crippen LogP contribution in [-0.4, -0.2) is 32.4 Å². The minimum Gasteiger partial charge on any atom is -0.497 e. The van der Waals surface area contributed by atoms with Crippen LogP contribution in [-0.2, 0) is 11.2 Å². The van der Waals surface area contributed by atoms with Crippen LogP contribution in [0, 0.1) is 5.92 Å². The number of hydrogen-bond donors (Lipinski definition) is 1. The van der Waals surface area contributed by atoms with Gasteiger partial charge in [-0.2, -0.15) is 0 Å². The lowest BCUT2D eigenvalue weighted by atomic mass is 9.70. The first kappa shape index (κ1) is 14.9. The molecule has 116 valence electrons. The summed E-state index contributed by atoms with van der Waals surface area (Å²) in [6.45, 7) is 0.936. The van der Waals surface area contributed by atoms with Crippen LogP contribution < -0.4 is 10.1 Å². The van der Waals surface area contributed by atoms with Crippen molar-refractivity contribution >= 4 is 0 Å². The number of likely N-dealkylation sites (N-methyl/N-ethyl adjacent to an activating group) is 1. The van der Waals surface area contributed by atoms with Crippen LogP contribution in [0.15, 0.2) is 24.3 Å². The summed E-state index contributed by atoms with van der Waals surface area (Å²) in [5.74, 6) is 1.66. The quantitative estimate of drug-likeness (QED) is 0.903. The van der Waals surface area contributed by atoms with Gasteiger partial charge in [-0.3, -0.25) is 0 Å². The summed E-state index contributed by atoms with van der Waals surface area (Å²) in [6.07, 6.45) is 7.37. The molecule has 1 saturated heterocycles. The lowest BCUT2D eigenvalue weighted by Crippen LogP contribution is -2.50. The van der Waals surface area contributed by atoms with E-state index in [0.29, 0.717) is 6.04 Å². The largest absolute Gasteiger partial charge is 0.497 e. The maximum Gasteiger partial charge on any atom is 0.118 e. The summed E-state index contributed by atoms with van der Waals surface area (Å²) < 4.78 is 11.3. The molecular weight excluding hydrogens is 262 g/mol. The second-order valence-electron chi connectivity index (χ2n) is 6.59. The molecule has 3 rings (SSSR count). The van der Waals surface area contributed by atoms with Gasteiger partial charge in [-0.05, 0) is 69.2 Å². The Kier molecular flexibility index (Phi) is 4.51. The van der Waals surface area contributed by atoms with Crippen LogP contribution in [0.2, 0.25) is 0 Å². The van der Waals surface area contributed by atoms with Gasteiger partial charge in [-0.1, -0.05) is 12.1 Å². The third-order valence-corrected chi connectivity index (χ3v) is 5.35. The first-order valence-electron chi connectivity index (χ1n) is 8.19. The third-order valence-electron chi connectivity index (χ3n) is 5.35. The molecule has 1 aromatic carbocycles. The smallest absolute Gasteiger partial charge is 0.118 e. The van der Waals surface area contributed by atoms with Gasteiger partial charge in [0.2, 0.25) is 0 Å². The molecule has 1 spiro atoms. The molecule has 1 aliphatic carbocycles. The lowest BCUT2D eigenvalue weighted by Gasteiger charge is -2.48. The van der Waals surface area contributed by atoms with Crippen LogP contribution >= 0.6 is 0 Å². The summed E-state index contributed by atoms with van der Waals surface area (Å²) in [5, 5.41) is 3.55. The predicted molar refractivity (Wildman–Crippen MR) is 84.8 cm³/mol. The summed E-state index contributed by atoms with van der Waals surface area (Å²) >= 11 is 0. The zero-order valence-corrected chi connectivity index (χ0v) is 13.2. The van der Waals surface area contributed by atoms with Crippen LogP contribution in [0.25, 0.3) is 0 Å². The Bertz CT molecular complexity index is 453. The van der Waals surface area contributed by atoms with Gasteiger partial charge < -0.3 is 14.8 Å². The fourth-order valence-corrected chi connectivity index (χ4v) is 3.85. The number of rotatable bonds is 5. The molecule has 0 aromatic heterocycles. The SMILES string of the molecule is CNC(Cc1ccc(OC)cc1)C1CCOC2(CCC2)C1. The molecule has 0 radical (unpaired) electrons. The molecule has 3 heteroatoms. The molecule has 2 atom stereocenters. The second-order valence-corrected chi connectivity index (χ2v) is 6.59. The Labute approximate surface area is 128 Å². The summed E-state index contributed by atoms with van der Waals surface area (Å²) in [5.41, 5.74) is 1.61. The zero-order chi connectivity index (χ0) is 14.7. The van der Waals surface area contributed by atoms with E-state index in [4.69, 9.17) is 9.47 Å². The minimum absolute atomic E-state index is 0.234. The highest BCUT2D eigenvalue weighted by molar-refractivity contribution is 5.27. The van der Waals surface area contributed by atoms with Crippen molar-refractivity contribution < 1.29 is 9.47 Å². The first-order valence-corrected chi connectivity index (χ1v) is 8.19. The standard InChI is InChI=1S/C18H27NO2/c1-19-17(12-14-4-6-16(20-2)7-5-14)15-8-11-21-18(13-15)9-3-10-18/h4-7,15,17,19H,3,8-13H2,1-2H3. The fourth-order valence-electron chi connectivity index (χ4n) is 3.85. The van der Waals surface area contributed by atoms with Gasteiger partial charge in [-0.25, -0.2) is 0 Å². The average Bonchev–Trinajstić information content (AvgIpc) is 2.52. The molecular formula is C18H27NO2. The van der Waals surface area contributed by atoms with Crippen molar-refractivity contribution in [3.05, 3.63) is 29.8 Å². The van der Waals surface area contributed by atoms with Gasteiger partial charge in [0.1, 0.15) is 5.75 Å². The average molecular weight is 289 g/mol. The zero-order valence-electron chi connectivity index (χ0n) is 13.2. The van der Waals surface area contributed by atoms with Crippen LogP contribution in [0.3, 0.4) is 0 Å². The van der Waals surface area contributed by atoms with Crippen molar-refractivity contribution in [3.63, 3.8) is 0 Å². The highest BCUT2D eigenvalue weighted by Crippen LogP contribution is 2.45. The van der Waals surface area contributed by atoms with Crippen LogP contribution in [0.4, 0.5) is 0 Å². The van der Waals surface area contributed by atoms with Crippen molar-refractivity contribution in [1.82, 2.24) is 5.32 Å². The molecule has 0 bridgehead atoms. The molecule has 3 nitrogen and oxygen atoms in total. The monoisotopic (exact) mass is 289 g/mol. The summed E-state index contributed by atoms with van der Waals surface area (Å²) in [4.78, 5) is 0. The molecule has 1 heterocycles. The van der Waals surface area contributed by atoms with E-state index < -0.39 is 0 Å². The van der Waals surface area contributed by atoms with E-state index in [0.717, 1.165) is 24.7 Å². The van der Waals surface area contributed by atoms with Gasteiger partial charge in [0.05, 0.1) is 12.7 Å². The Morgan fingerprint density at radius 3 is 2.67 bits per heavy atom. The first-order chi connectivity index (χ1) is 10.2. The Morgan fingerprint density at radius 1 is 1.33 bits per heavy atom. The van der Waals surface area contributed by atoms with Gasteiger partial charge in [-0.15, -0.1) is 0 Å². The summed E-state index contributed by atoms with van der Waals surface area (Å²) in [6, 6.07) is 9.02. The number of nitrogens with one attached hydrogen (secondary N) is 1. The minimum atomic E-state index is 0.234. The number of benzene rings is 1. The highest BCUT2D eigenvalue weighted by Gasteiger charge is 2.43. The second kappa shape index (κ2) is 6.37. The van der Waals surface area contributed by atoms with E-state index in [1.807, 2.05) is 0 Å². The maximum atomic E-state index is 6.06. The van der Waals surface area contributed by atoms with Gasteiger partial charge >= 0.3 is 0 Å². The predicted octanol–water partition coefficient (Wildman–Crippen LogP) is 3.18. The van der Waals surface area contributed by atoms with E-state index >= 15 is 0 Å². The van der Waals surface area contributed by atoms with Crippen LogP contribution in [0.1, 0.15) is 37.7 Å².